The number of rotatable bonds is 4. The zero-order chi connectivity index (χ0) is 15.5. The molecule has 1 aromatic carbocycles. The SMILES string of the molecule is COc1cccc2c1CCC(NC(C)c1cncc(F)c1)C2. The smallest absolute Gasteiger partial charge is 0.141 e. The van der Waals surface area contributed by atoms with Gasteiger partial charge in [0.15, 0.2) is 0 Å². The highest BCUT2D eigenvalue weighted by atomic mass is 19.1. The molecule has 2 atom stereocenters. The Morgan fingerprint density at radius 3 is 3.00 bits per heavy atom. The van der Waals surface area contributed by atoms with Gasteiger partial charge in [-0.25, -0.2) is 4.39 Å². The van der Waals surface area contributed by atoms with E-state index in [-0.39, 0.29) is 11.9 Å². The molecule has 0 bridgehead atoms. The Kier molecular flexibility index (Phi) is 4.39. The number of nitrogens with zero attached hydrogens (tertiary/aromatic N) is 1. The first-order valence-electron chi connectivity index (χ1n) is 7.68. The third-order valence-electron chi connectivity index (χ3n) is 4.37. The van der Waals surface area contributed by atoms with Gasteiger partial charge in [-0.1, -0.05) is 12.1 Å². The molecule has 0 spiro atoms. The summed E-state index contributed by atoms with van der Waals surface area (Å²) >= 11 is 0. The number of nitrogens with one attached hydrogen (secondary N) is 1. The van der Waals surface area contributed by atoms with Crippen molar-refractivity contribution in [1.82, 2.24) is 10.3 Å². The highest BCUT2D eigenvalue weighted by Crippen LogP contribution is 2.30. The number of methoxy groups -OCH3 is 1. The summed E-state index contributed by atoms with van der Waals surface area (Å²) in [4.78, 5) is 3.93. The number of pyridine rings is 1. The first-order chi connectivity index (χ1) is 10.7. The number of halogens is 1. The van der Waals surface area contributed by atoms with E-state index in [1.807, 2.05) is 12.1 Å². The van der Waals surface area contributed by atoms with E-state index in [1.54, 1.807) is 19.4 Å². The average Bonchev–Trinajstić information content (AvgIpc) is 2.54. The van der Waals surface area contributed by atoms with Crippen LogP contribution in [0.4, 0.5) is 4.39 Å². The molecule has 0 aliphatic heterocycles. The highest BCUT2D eigenvalue weighted by molar-refractivity contribution is 5.42. The molecule has 1 N–H and O–H groups in total. The number of hydrogen-bond acceptors (Lipinski definition) is 3. The third-order valence-corrected chi connectivity index (χ3v) is 4.37. The Balaban J connectivity index is 1.70. The van der Waals surface area contributed by atoms with Crippen molar-refractivity contribution >= 4 is 0 Å². The normalized spacial score (nSPS) is 18.6. The quantitative estimate of drug-likeness (QED) is 0.939. The molecule has 22 heavy (non-hydrogen) atoms. The lowest BCUT2D eigenvalue weighted by Gasteiger charge is -2.29. The van der Waals surface area contributed by atoms with Gasteiger partial charge in [0, 0.05) is 18.3 Å². The van der Waals surface area contributed by atoms with Crippen molar-refractivity contribution in [3.63, 3.8) is 0 Å². The largest absolute Gasteiger partial charge is 0.496 e. The van der Waals surface area contributed by atoms with E-state index < -0.39 is 0 Å². The topological polar surface area (TPSA) is 34.1 Å². The second-order valence-electron chi connectivity index (χ2n) is 5.86. The number of aromatic nitrogens is 1. The maximum absolute atomic E-state index is 13.3. The fourth-order valence-electron chi connectivity index (χ4n) is 3.22. The second kappa shape index (κ2) is 6.44. The van der Waals surface area contributed by atoms with Crippen molar-refractivity contribution in [3.05, 3.63) is 59.2 Å². The third kappa shape index (κ3) is 3.12. The minimum atomic E-state index is -0.287. The summed E-state index contributed by atoms with van der Waals surface area (Å²) in [5, 5.41) is 3.59. The van der Waals surface area contributed by atoms with Crippen LogP contribution in [0.25, 0.3) is 0 Å². The van der Waals surface area contributed by atoms with Gasteiger partial charge < -0.3 is 10.1 Å². The average molecular weight is 300 g/mol. The highest BCUT2D eigenvalue weighted by Gasteiger charge is 2.22. The minimum Gasteiger partial charge on any atom is -0.496 e. The van der Waals surface area contributed by atoms with Crippen molar-refractivity contribution in [1.29, 1.82) is 0 Å². The molecule has 0 saturated carbocycles. The van der Waals surface area contributed by atoms with Crippen LogP contribution in [-0.4, -0.2) is 18.1 Å². The van der Waals surface area contributed by atoms with Crippen molar-refractivity contribution < 1.29 is 9.13 Å². The number of hydrogen-bond donors (Lipinski definition) is 1. The van der Waals surface area contributed by atoms with Crippen molar-refractivity contribution in [3.8, 4) is 5.75 Å². The molecule has 2 unspecified atom stereocenters. The fraction of sp³-hybridized carbons (Fsp3) is 0.389. The van der Waals surface area contributed by atoms with Crippen LogP contribution in [0, 0.1) is 5.82 Å². The molecular formula is C18H21FN2O. The van der Waals surface area contributed by atoms with Crippen LogP contribution in [-0.2, 0) is 12.8 Å². The molecule has 4 heteroatoms. The lowest BCUT2D eigenvalue weighted by atomic mass is 9.87. The molecule has 1 aromatic heterocycles. The van der Waals surface area contributed by atoms with Gasteiger partial charge in [0.05, 0.1) is 13.3 Å². The first-order valence-corrected chi connectivity index (χ1v) is 7.68. The van der Waals surface area contributed by atoms with Crippen LogP contribution in [0.2, 0.25) is 0 Å². The molecule has 0 fully saturated rings. The molecule has 1 aliphatic rings. The number of fused-ring (bicyclic) bond motifs is 1. The second-order valence-corrected chi connectivity index (χ2v) is 5.86. The minimum absolute atomic E-state index is 0.0837. The van der Waals surface area contributed by atoms with Crippen LogP contribution in [0.1, 0.15) is 36.1 Å². The maximum atomic E-state index is 13.3. The molecule has 1 aliphatic carbocycles. The van der Waals surface area contributed by atoms with Gasteiger partial charge in [-0.3, -0.25) is 4.98 Å². The van der Waals surface area contributed by atoms with Crippen LogP contribution in [0.15, 0.2) is 36.7 Å². The molecule has 0 saturated heterocycles. The van der Waals surface area contributed by atoms with E-state index in [2.05, 4.69) is 23.3 Å². The summed E-state index contributed by atoms with van der Waals surface area (Å²) in [5.74, 6) is 0.697. The first kappa shape index (κ1) is 15.0. The monoisotopic (exact) mass is 300 g/mol. The zero-order valence-electron chi connectivity index (χ0n) is 13.0. The molecule has 2 aromatic rings. The van der Waals surface area contributed by atoms with E-state index in [9.17, 15) is 4.39 Å². The molecule has 0 amide bonds. The summed E-state index contributed by atoms with van der Waals surface area (Å²) in [5.41, 5.74) is 3.55. The Morgan fingerprint density at radius 2 is 2.23 bits per heavy atom. The number of benzene rings is 1. The number of ether oxygens (including phenoxy) is 1. The fourth-order valence-corrected chi connectivity index (χ4v) is 3.22. The van der Waals surface area contributed by atoms with Gasteiger partial charge in [0.2, 0.25) is 0 Å². The Morgan fingerprint density at radius 1 is 1.36 bits per heavy atom. The van der Waals surface area contributed by atoms with Crippen molar-refractivity contribution in [2.24, 2.45) is 0 Å². The molecular weight excluding hydrogens is 279 g/mol. The molecule has 3 rings (SSSR count). The van der Waals surface area contributed by atoms with E-state index >= 15 is 0 Å². The Hall–Kier alpha value is -1.94. The van der Waals surface area contributed by atoms with Crippen LogP contribution in [0.3, 0.4) is 0 Å². The lowest BCUT2D eigenvalue weighted by molar-refractivity contribution is 0.386. The van der Waals surface area contributed by atoms with Gasteiger partial charge in [0.25, 0.3) is 0 Å². The maximum Gasteiger partial charge on any atom is 0.141 e. The molecule has 3 nitrogen and oxygen atoms in total. The molecule has 0 radical (unpaired) electrons. The van der Waals surface area contributed by atoms with E-state index in [1.165, 1.54) is 17.3 Å². The van der Waals surface area contributed by atoms with Gasteiger partial charge in [-0.05, 0) is 55.0 Å². The van der Waals surface area contributed by atoms with Gasteiger partial charge in [-0.2, -0.15) is 0 Å². The standard InChI is InChI=1S/C18H21FN2O/c1-12(14-8-15(19)11-20-10-14)21-16-6-7-17-13(9-16)4-3-5-18(17)22-2/h3-5,8,10-12,16,21H,6-7,9H2,1-2H3. The predicted molar refractivity (Wildman–Crippen MR) is 84.6 cm³/mol. The predicted octanol–water partition coefficient (Wildman–Crippen LogP) is 3.44. The Bertz CT molecular complexity index is 659. The summed E-state index contributed by atoms with van der Waals surface area (Å²) in [7, 11) is 1.72. The van der Waals surface area contributed by atoms with Crippen LogP contribution >= 0.6 is 0 Å². The molecule has 1 heterocycles. The summed E-state index contributed by atoms with van der Waals surface area (Å²) in [6, 6.07) is 8.25. The van der Waals surface area contributed by atoms with Crippen molar-refractivity contribution in [2.45, 2.75) is 38.3 Å². The van der Waals surface area contributed by atoms with Gasteiger partial charge in [0.1, 0.15) is 11.6 Å². The van der Waals surface area contributed by atoms with Gasteiger partial charge in [-0.15, -0.1) is 0 Å². The van der Waals surface area contributed by atoms with Crippen LogP contribution in [0.5, 0.6) is 5.75 Å². The Labute approximate surface area is 130 Å². The lowest BCUT2D eigenvalue weighted by Crippen LogP contribution is -2.36. The van der Waals surface area contributed by atoms with Crippen molar-refractivity contribution in [2.75, 3.05) is 7.11 Å². The van der Waals surface area contributed by atoms with Crippen LogP contribution < -0.4 is 10.1 Å². The van der Waals surface area contributed by atoms with E-state index in [4.69, 9.17) is 4.74 Å². The molecule has 116 valence electrons. The van der Waals surface area contributed by atoms with Gasteiger partial charge >= 0.3 is 0 Å². The zero-order valence-corrected chi connectivity index (χ0v) is 13.0. The summed E-state index contributed by atoms with van der Waals surface area (Å²) in [6.07, 6.45) is 5.99. The summed E-state index contributed by atoms with van der Waals surface area (Å²) < 4.78 is 18.7. The van der Waals surface area contributed by atoms with E-state index in [0.29, 0.717) is 6.04 Å². The van der Waals surface area contributed by atoms with E-state index in [0.717, 1.165) is 30.6 Å². The summed E-state index contributed by atoms with van der Waals surface area (Å²) in [6.45, 7) is 2.05.